The van der Waals surface area contributed by atoms with Crippen LogP contribution in [0.3, 0.4) is 0 Å². The fraction of sp³-hybridized carbons (Fsp3) is 0.875. The van der Waals surface area contributed by atoms with Crippen LogP contribution in [0.4, 0.5) is 0 Å². The first-order chi connectivity index (χ1) is 3.91. The maximum Gasteiger partial charge on any atom is 0.0850 e. The highest BCUT2D eigenvalue weighted by atomic mass is 13.9. The molecular weight excluding hydrogens is 96.1 g/mol. The van der Waals surface area contributed by atoms with Crippen LogP contribution in [-0.4, -0.2) is 0 Å². The lowest BCUT2D eigenvalue weighted by Gasteiger charge is -1.91. The summed E-state index contributed by atoms with van der Waals surface area (Å²) < 4.78 is 0. The Labute approximate surface area is 53.3 Å². The van der Waals surface area contributed by atoms with Gasteiger partial charge in [0.05, 0.1) is 13.3 Å². The zero-order chi connectivity index (χ0) is 6.24. The molecule has 0 heterocycles. The first-order valence-electron chi connectivity index (χ1n) is 3.71. The van der Waals surface area contributed by atoms with Crippen molar-refractivity contribution in [2.24, 2.45) is 0 Å². The minimum atomic E-state index is 1.11. The second kappa shape index (κ2) is 6.87. The van der Waals surface area contributed by atoms with Gasteiger partial charge in [-0.05, 0) is 12.8 Å². The van der Waals surface area contributed by atoms with Crippen molar-refractivity contribution in [1.82, 2.24) is 0 Å². The summed E-state index contributed by atoms with van der Waals surface area (Å²) in [6.07, 6.45) is 7.98. The molecule has 0 saturated carbocycles. The Kier molecular flexibility index (Phi) is 6.76. The summed E-state index contributed by atoms with van der Waals surface area (Å²) in [7, 11) is 0. The first-order valence-corrected chi connectivity index (χ1v) is 3.71. The normalized spacial score (nSPS) is 9.62. The van der Waals surface area contributed by atoms with Gasteiger partial charge in [-0.15, -0.1) is 0 Å². The van der Waals surface area contributed by atoms with Gasteiger partial charge in [-0.1, -0.05) is 26.2 Å². The predicted octanol–water partition coefficient (Wildman–Crippen LogP) is 3.18. The number of unbranched alkanes of at least 4 members (excludes halogenated alkanes) is 5. The maximum absolute atomic E-state index is 3.78. The van der Waals surface area contributed by atoms with Crippen molar-refractivity contribution >= 4 is 0 Å². The lowest BCUT2D eigenvalue weighted by Crippen LogP contribution is -1.74. The van der Waals surface area contributed by atoms with E-state index in [1.54, 1.807) is 0 Å². The molecule has 0 N–H and O–H groups in total. The Morgan fingerprint density at radius 3 is 2.12 bits per heavy atom. The molecule has 0 aliphatic heterocycles. The van der Waals surface area contributed by atoms with Gasteiger partial charge in [0.15, 0.2) is 0 Å². The molecule has 0 fully saturated rings. The van der Waals surface area contributed by atoms with E-state index in [1.165, 1.54) is 32.1 Å². The van der Waals surface area contributed by atoms with Crippen LogP contribution in [0, 0.1) is 6.92 Å². The fourth-order valence-corrected chi connectivity index (χ4v) is 0.780. The van der Waals surface area contributed by atoms with Crippen LogP contribution in [0.2, 0.25) is 0 Å². The highest BCUT2D eigenvalue weighted by Gasteiger charge is 1.86. The molecule has 0 atom stereocenters. The van der Waals surface area contributed by atoms with E-state index in [4.69, 9.17) is 0 Å². The molecule has 0 radical (unpaired) electrons. The number of rotatable bonds is 5. The van der Waals surface area contributed by atoms with E-state index < -0.39 is 0 Å². The summed E-state index contributed by atoms with van der Waals surface area (Å²) in [5, 5.41) is 0. The molecule has 0 aromatic carbocycles. The highest BCUT2D eigenvalue weighted by molar-refractivity contribution is 4.43. The van der Waals surface area contributed by atoms with Crippen LogP contribution >= 0.6 is 0 Å². The SMILES string of the molecule is [CH2+]CCCCCCC. The predicted molar refractivity (Wildman–Crippen MR) is 38.7 cm³/mol. The Balaban J connectivity index is 2.53. The van der Waals surface area contributed by atoms with Gasteiger partial charge in [-0.3, -0.25) is 0 Å². The molecular formula is C8H17+. The second-order valence-corrected chi connectivity index (χ2v) is 2.27. The standard InChI is InChI=1S/C8H17/c1-3-5-7-8-6-4-2/h1,3-8H2,2H3/q+1. The molecule has 0 spiro atoms. The van der Waals surface area contributed by atoms with Gasteiger partial charge in [0.1, 0.15) is 0 Å². The maximum atomic E-state index is 3.78. The second-order valence-electron chi connectivity index (χ2n) is 2.27. The summed E-state index contributed by atoms with van der Waals surface area (Å²) >= 11 is 0. The Hall–Kier alpha value is -0.130. The van der Waals surface area contributed by atoms with Crippen LogP contribution in [0.25, 0.3) is 0 Å². The molecule has 0 nitrogen and oxygen atoms in total. The zero-order valence-electron chi connectivity index (χ0n) is 5.95. The summed E-state index contributed by atoms with van der Waals surface area (Å²) in [6, 6.07) is 0. The van der Waals surface area contributed by atoms with E-state index in [1.807, 2.05) is 0 Å². The van der Waals surface area contributed by atoms with Crippen LogP contribution in [0.1, 0.15) is 45.4 Å². The van der Waals surface area contributed by atoms with Gasteiger partial charge in [0, 0.05) is 0 Å². The molecule has 0 rings (SSSR count). The Bertz CT molecular complexity index is 25.0. The Morgan fingerprint density at radius 1 is 1.00 bits per heavy atom. The average Bonchev–Trinajstić information content (AvgIpc) is 1.81. The fourth-order valence-electron chi connectivity index (χ4n) is 0.780. The van der Waals surface area contributed by atoms with E-state index >= 15 is 0 Å². The van der Waals surface area contributed by atoms with E-state index in [0.717, 1.165) is 6.42 Å². The molecule has 0 unspecified atom stereocenters. The highest BCUT2D eigenvalue weighted by Crippen LogP contribution is 2.03. The molecule has 48 valence electrons. The molecule has 0 aliphatic rings. The monoisotopic (exact) mass is 113 g/mol. The van der Waals surface area contributed by atoms with Crippen molar-refractivity contribution in [3.05, 3.63) is 6.92 Å². The van der Waals surface area contributed by atoms with E-state index in [0.29, 0.717) is 0 Å². The average molecular weight is 113 g/mol. The molecule has 0 bridgehead atoms. The lowest BCUT2D eigenvalue weighted by molar-refractivity contribution is 0.637. The number of hydrogen-bond donors (Lipinski definition) is 0. The van der Waals surface area contributed by atoms with E-state index in [2.05, 4.69) is 13.8 Å². The van der Waals surface area contributed by atoms with Crippen molar-refractivity contribution in [2.45, 2.75) is 45.4 Å². The van der Waals surface area contributed by atoms with Crippen LogP contribution in [0.5, 0.6) is 0 Å². The van der Waals surface area contributed by atoms with Gasteiger partial charge < -0.3 is 0 Å². The van der Waals surface area contributed by atoms with Crippen molar-refractivity contribution in [2.75, 3.05) is 0 Å². The molecule has 0 aliphatic carbocycles. The third-order valence-corrected chi connectivity index (χ3v) is 1.35. The molecule has 0 aromatic rings. The lowest BCUT2D eigenvalue weighted by atomic mass is 10.1. The van der Waals surface area contributed by atoms with Gasteiger partial charge in [0.2, 0.25) is 0 Å². The first kappa shape index (κ1) is 7.87. The summed E-state index contributed by atoms with van der Waals surface area (Å²) in [4.78, 5) is 0. The summed E-state index contributed by atoms with van der Waals surface area (Å²) in [5.41, 5.74) is 0. The quantitative estimate of drug-likeness (QED) is 0.379. The van der Waals surface area contributed by atoms with Crippen molar-refractivity contribution in [3.8, 4) is 0 Å². The van der Waals surface area contributed by atoms with E-state index in [-0.39, 0.29) is 0 Å². The van der Waals surface area contributed by atoms with Crippen LogP contribution < -0.4 is 0 Å². The van der Waals surface area contributed by atoms with Crippen LogP contribution in [0.15, 0.2) is 0 Å². The van der Waals surface area contributed by atoms with Crippen molar-refractivity contribution < 1.29 is 0 Å². The smallest absolute Gasteiger partial charge is 0.0654 e. The molecule has 0 heteroatoms. The zero-order valence-corrected chi connectivity index (χ0v) is 5.95. The Morgan fingerprint density at radius 2 is 1.62 bits per heavy atom. The molecule has 0 amide bonds. The topological polar surface area (TPSA) is 0 Å². The minimum Gasteiger partial charge on any atom is -0.0654 e. The minimum absolute atomic E-state index is 1.11. The third kappa shape index (κ3) is 5.87. The van der Waals surface area contributed by atoms with Gasteiger partial charge in [-0.2, -0.15) is 0 Å². The van der Waals surface area contributed by atoms with Crippen molar-refractivity contribution in [3.63, 3.8) is 0 Å². The van der Waals surface area contributed by atoms with Crippen LogP contribution in [-0.2, 0) is 0 Å². The van der Waals surface area contributed by atoms with Gasteiger partial charge >= 0.3 is 0 Å². The van der Waals surface area contributed by atoms with E-state index in [9.17, 15) is 0 Å². The molecule has 0 saturated heterocycles. The largest absolute Gasteiger partial charge is 0.0850 e. The summed E-state index contributed by atoms with van der Waals surface area (Å²) in [6.45, 7) is 6.02. The van der Waals surface area contributed by atoms with Crippen molar-refractivity contribution in [1.29, 1.82) is 0 Å². The van der Waals surface area contributed by atoms with Gasteiger partial charge in [-0.25, -0.2) is 0 Å². The number of hydrogen-bond acceptors (Lipinski definition) is 0. The molecule has 0 aromatic heterocycles. The summed E-state index contributed by atoms with van der Waals surface area (Å²) in [5.74, 6) is 0. The third-order valence-electron chi connectivity index (χ3n) is 1.35. The van der Waals surface area contributed by atoms with Gasteiger partial charge in [0.25, 0.3) is 0 Å². The molecule has 8 heavy (non-hydrogen) atoms.